The Bertz CT molecular complexity index is 260. The van der Waals surface area contributed by atoms with Crippen molar-refractivity contribution in [1.82, 2.24) is 5.32 Å². The van der Waals surface area contributed by atoms with Gasteiger partial charge in [-0.25, -0.2) is 0 Å². The van der Waals surface area contributed by atoms with Crippen LogP contribution in [0.5, 0.6) is 0 Å². The van der Waals surface area contributed by atoms with Crippen LogP contribution >= 0.6 is 11.6 Å². The summed E-state index contributed by atoms with van der Waals surface area (Å²) in [5.41, 5.74) is 0.121. The second kappa shape index (κ2) is 5.02. The first-order chi connectivity index (χ1) is 6.93. The quantitative estimate of drug-likeness (QED) is 0.792. The van der Waals surface area contributed by atoms with Crippen molar-refractivity contribution in [3.63, 3.8) is 0 Å². The molecule has 0 aromatic carbocycles. The Kier molecular flexibility index (Phi) is 4.21. The Labute approximate surface area is 97.1 Å². The van der Waals surface area contributed by atoms with Gasteiger partial charge in [0.15, 0.2) is 0 Å². The Balaban J connectivity index is 2.53. The van der Waals surface area contributed by atoms with Gasteiger partial charge >= 0.3 is 0 Å². The molecule has 3 heteroatoms. The highest BCUT2D eigenvalue weighted by Gasteiger charge is 2.36. The van der Waals surface area contributed by atoms with E-state index in [0.717, 1.165) is 19.3 Å². The molecule has 0 aromatic heterocycles. The summed E-state index contributed by atoms with van der Waals surface area (Å²) in [5, 5.41) is 3.32. The molecule has 0 heterocycles. The van der Waals surface area contributed by atoms with Gasteiger partial charge in [0.1, 0.15) is 0 Å². The topological polar surface area (TPSA) is 29.1 Å². The van der Waals surface area contributed by atoms with Crippen LogP contribution < -0.4 is 5.32 Å². The molecule has 15 heavy (non-hydrogen) atoms. The van der Waals surface area contributed by atoms with Crippen molar-refractivity contribution < 1.29 is 4.79 Å². The highest BCUT2D eigenvalue weighted by atomic mass is 35.5. The summed E-state index contributed by atoms with van der Waals surface area (Å²) in [6, 6.07) is 0. The molecule has 2 nitrogen and oxygen atoms in total. The van der Waals surface area contributed by atoms with E-state index < -0.39 is 0 Å². The van der Waals surface area contributed by atoms with Gasteiger partial charge in [0.25, 0.3) is 0 Å². The summed E-state index contributed by atoms with van der Waals surface area (Å²) in [5.74, 6) is 0.253. The molecule has 0 bridgehead atoms. The van der Waals surface area contributed by atoms with E-state index in [-0.39, 0.29) is 17.2 Å². The first-order valence-corrected chi connectivity index (χ1v) is 5.92. The molecule has 1 atom stereocenters. The zero-order chi connectivity index (χ0) is 11.5. The lowest BCUT2D eigenvalue weighted by molar-refractivity contribution is -0.130. The third kappa shape index (κ3) is 3.53. The molecule has 0 spiro atoms. The first-order valence-electron chi connectivity index (χ1n) is 5.54. The average Bonchev–Trinajstić information content (AvgIpc) is 2.13. The maximum absolute atomic E-state index is 11.9. The van der Waals surface area contributed by atoms with Gasteiger partial charge in [-0.1, -0.05) is 44.9 Å². The molecule has 0 radical (unpaired) electrons. The molecule has 0 aliphatic heterocycles. The Morgan fingerprint density at radius 2 is 2.20 bits per heavy atom. The van der Waals surface area contributed by atoms with E-state index in [1.165, 1.54) is 6.42 Å². The number of carbonyl (C=O) groups is 1. The summed E-state index contributed by atoms with van der Waals surface area (Å²) in [7, 11) is 0. The van der Waals surface area contributed by atoms with Crippen LogP contribution in [0.3, 0.4) is 0 Å². The fraction of sp³-hybridized carbons (Fsp3) is 0.750. The number of halogens is 1. The average molecular weight is 230 g/mol. The first kappa shape index (κ1) is 12.6. The molecular formula is C12H20ClNO. The Morgan fingerprint density at radius 1 is 1.53 bits per heavy atom. The van der Waals surface area contributed by atoms with Gasteiger partial charge in [-0.2, -0.15) is 0 Å². The minimum atomic E-state index is 0.121. The molecule has 1 saturated carbocycles. The predicted molar refractivity (Wildman–Crippen MR) is 63.7 cm³/mol. The molecular weight excluding hydrogens is 210 g/mol. The fourth-order valence-corrected chi connectivity index (χ4v) is 2.35. The third-order valence-electron chi connectivity index (χ3n) is 3.28. The summed E-state index contributed by atoms with van der Waals surface area (Å²) in [6.45, 7) is 8.29. The van der Waals surface area contributed by atoms with Crippen molar-refractivity contribution in [3.05, 3.63) is 11.6 Å². The second-order valence-electron chi connectivity index (χ2n) is 5.02. The molecule has 1 rings (SSSR count). The lowest BCUT2D eigenvalue weighted by atomic mass is 9.68. The molecule has 1 fully saturated rings. The lowest BCUT2D eigenvalue weighted by Crippen LogP contribution is -2.41. The van der Waals surface area contributed by atoms with Crippen molar-refractivity contribution in [2.24, 2.45) is 11.3 Å². The normalized spacial score (nSPS) is 24.6. The van der Waals surface area contributed by atoms with Crippen LogP contribution in [0.2, 0.25) is 0 Å². The SMILES string of the molecule is C=C(Cl)CNC(=O)C1CCCCC1(C)C. The van der Waals surface area contributed by atoms with Gasteiger partial charge in [0.2, 0.25) is 5.91 Å². The monoisotopic (exact) mass is 229 g/mol. The van der Waals surface area contributed by atoms with E-state index in [9.17, 15) is 4.79 Å². The zero-order valence-electron chi connectivity index (χ0n) is 9.61. The van der Waals surface area contributed by atoms with E-state index in [1.807, 2.05) is 0 Å². The number of nitrogens with one attached hydrogen (secondary N) is 1. The van der Waals surface area contributed by atoms with Crippen LogP contribution in [0.25, 0.3) is 0 Å². The van der Waals surface area contributed by atoms with Crippen molar-refractivity contribution in [2.75, 3.05) is 6.54 Å². The van der Waals surface area contributed by atoms with E-state index in [4.69, 9.17) is 11.6 Å². The Hall–Kier alpha value is -0.500. The number of carbonyl (C=O) groups excluding carboxylic acids is 1. The van der Waals surface area contributed by atoms with E-state index in [0.29, 0.717) is 11.6 Å². The lowest BCUT2D eigenvalue weighted by Gasteiger charge is -2.37. The third-order valence-corrected chi connectivity index (χ3v) is 3.41. The molecule has 86 valence electrons. The van der Waals surface area contributed by atoms with E-state index in [1.54, 1.807) is 0 Å². The number of hydrogen-bond acceptors (Lipinski definition) is 1. The van der Waals surface area contributed by atoms with E-state index in [2.05, 4.69) is 25.7 Å². The summed E-state index contributed by atoms with van der Waals surface area (Å²) < 4.78 is 0. The number of amides is 1. The van der Waals surface area contributed by atoms with Crippen LogP contribution in [-0.4, -0.2) is 12.5 Å². The van der Waals surface area contributed by atoms with Crippen LogP contribution in [0.1, 0.15) is 39.5 Å². The summed E-state index contributed by atoms with van der Waals surface area (Å²) >= 11 is 5.62. The van der Waals surface area contributed by atoms with Gasteiger partial charge in [0, 0.05) is 11.0 Å². The Morgan fingerprint density at radius 3 is 2.73 bits per heavy atom. The molecule has 0 saturated heterocycles. The number of hydrogen-bond donors (Lipinski definition) is 1. The standard InChI is InChI=1S/C12H20ClNO/c1-9(13)8-14-11(15)10-6-4-5-7-12(10,2)3/h10H,1,4-8H2,2-3H3,(H,14,15). The van der Waals surface area contributed by atoms with Gasteiger partial charge in [-0.3, -0.25) is 4.79 Å². The molecule has 1 amide bonds. The van der Waals surface area contributed by atoms with Crippen molar-refractivity contribution in [3.8, 4) is 0 Å². The van der Waals surface area contributed by atoms with E-state index >= 15 is 0 Å². The van der Waals surface area contributed by atoms with Crippen molar-refractivity contribution >= 4 is 17.5 Å². The molecule has 0 aromatic rings. The molecule has 1 aliphatic carbocycles. The van der Waals surface area contributed by atoms with Crippen molar-refractivity contribution in [2.45, 2.75) is 39.5 Å². The summed E-state index contributed by atoms with van der Waals surface area (Å²) in [4.78, 5) is 11.9. The molecule has 1 N–H and O–H groups in total. The molecule has 1 aliphatic rings. The minimum Gasteiger partial charge on any atom is -0.351 e. The van der Waals surface area contributed by atoms with Gasteiger partial charge in [-0.05, 0) is 18.3 Å². The minimum absolute atomic E-state index is 0.121. The summed E-state index contributed by atoms with van der Waals surface area (Å²) in [6.07, 6.45) is 4.52. The fourth-order valence-electron chi connectivity index (χ4n) is 2.29. The van der Waals surface area contributed by atoms with Crippen LogP contribution in [0.15, 0.2) is 11.6 Å². The van der Waals surface area contributed by atoms with Gasteiger partial charge in [-0.15, -0.1) is 0 Å². The predicted octanol–water partition coefficient (Wildman–Crippen LogP) is 3.07. The van der Waals surface area contributed by atoms with Crippen molar-refractivity contribution in [1.29, 1.82) is 0 Å². The van der Waals surface area contributed by atoms with Gasteiger partial charge in [0.05, 0.1) is 6.54 Å². The highest BCUT2D eigenvalue weighted by Crippen LogP contribution is 2.40. The zero-order valence-corrected chi connectivity index (χ0v) is 10.4. The number of rotatable bonds is 3. The smallest absolute Gasteiger partial charge is 0.223 e. The van der Waals surface area contributed by atoms with Crippen LogP contribution in [0.4, 0.5) is 0 Å². The maximum atomic E-state index is 11.9. The van der Waals surface area contributed by atoms with Crippen LogP contribution in [0, 0.1) is 11.3 Å². The second-order valence-corrected chi connectivity index (χ2v) is 5.56. The molecule has 1 unspecified atom stereocenters. The largest absolute Gasteiger partial charge is 0.351 e. The highest BCUT2D eigenvalue weighted by molar-refractivity contribution is 6.29. The van der Waals surface area contributed by atoms with Crippen LogP contribution in [-0.2, 0) is 4.79 Å². The van der Waals surface area contributed by atoms with Gasteiger partial charge < -0.3 is 5.32 Å². The maximum Gasteiger partial charge on any atom is 0.223 e.